The van der Waals surface area contributed by atoms with Crippen LogP contribution in [0.3, 0.4) is 0 Å². The molecule has 5 nitrogen and oxygen atoms in total. The van der Waals surface area contributed by atoms with Crippen molar-refractivity contribution in [1.29, 1.82) is 0 Å². The number of likely N-dealkylation sites (tertiary alicyclic amines) is 1. The van der Waals surface area contributed by atoms with E-state index in [2.05, 4.69) is 20.7 Å². The van der Waals surface area contributed by atoms with E-state index in [4.69, 9.17) is 0 Å². The van der Waals surface area contributed by atoms with Crippen LogP contribution in [-0.4, -0.2) is 40.9 Å². The monoisotopic (exact) mass is 344 g/mol. The minimum absolute atomic E-state index is 0.257. The molecule has 1 atom stereocenters. The first-order chi connectivity index (χ1) is 11.7. The molecule has 0 spiro atoms. The summed E-state index contributed by atoms with van der Waals surface area (Å²) in [6.45, 7) is 1.74. The van der Waals surface area contributed by atoms with Crippen LogP contribution < -0.4 is 5.32 Å². The van der Waals surface area contributed by atoms with Crippen molar-refractivity contribution in [3.63, 3.8) is 0 Å². The van der Waals surface area contributed by atoms with E-state index < -0.39 is 0 Å². The highest BCUT2D eigenvalue weighted by Crippen LogP contribution is 2.22. The maximum atomic E-state index is 12.5. The van der Waals surface area contributed by atoms with Gasteiger partial charge in [0.1, 0.15) is 5.82 Å². The van der Waals surface area contributed by atoms with E-state index in [9.17, 15) is 4.79 Å². The Bertz CT molecular complexity index is 642. The normalized spacial score (nSPS) is 18.2. The highest BCUT2D eigenvalue weighted by Gasteiger charge is 2.21. The lowest BCUT2D eigenvalue weighted by atomic mass is 9.95. The van der Waals surface area contributed by atoms with Crippen molar-refractivity contribution in [2.24, 2.45) is 5.92 Å². The van der Waals surface area contributed by atoms with E-state index in [1.165, 1.54) is 0 Å². The quantitative estimate of drug-likeness (QED) is 0.906. The summed E-state index contributed by atoms with van der Waals surface area (Å²) in [6.07, 6.45) is 8.39. The second kappa shape index (κ2) is 8.24. The second-order valence-corrected chi connectivity index (χ2v) is 7.11. The molecule has 0 radical (unpaired) electrons. The predicted molar refractivity (Wildman–Crippen MR) is 97.2 cm³/mol. The third-order valence-electron chi connectivity index (χ3n) is 4.60. The molecule has 1 aliphatic rings. The molecule has 2 aromatic rings. The zero-order valence-corrected chi connectivity index (χ0v) is 14.9. The number of carbonyl (C=O) groups excluding carboxylic acids is 1. The first-order valence-electron chi connectivity index (χ1n) is 8.52. The van der Waals surface area contributed by atoms with Gasteiger partial charge in [-0.05, 0) is 54.0 Å². The highest BCUT2D eigenvalue weighted by molar-refractivity contribution is 7.07. The molecule has 1 aliphatic heterocycles. The average Bonchev–Trinajstić information content (AvgIpc) is 3.00. The molecule has 0 aliphatic carbocycles. The SMILES string of the molecule is CNc1cnc(CC2CCCN(C(=O)Cc3ccsc3)CC2)cn1. The molecule has 24 heavy (non-hydrogen) atoms. The molecule has 3 heterocycles. The fraction of sp³-hybridized carbons (Fsp3) is 0.500. The fourth-order valence-corrected chi connectivity index (χ4v) is 3.85. The van der Waals surface area contributed by atoms with Gasteiger partial charge in [0.15, 0.2) is 0 Å². The number of nitrogens with one attached hydrogen (secondary N) is 1. The summed E-state index contributed by atoms with van der Waals surface area (Å²) >= 11 is 1.65. The summed E-state index contributed by atoms with van der Waals surface area (Å²) in [7, 11) is 1.84. The first-order valence-corrected chi connectivity index (χ1v) is 9.46. The standard InChI is InChI=1S/C18H24N4OS/c1-19-17-12-20-16(11-21-17)9-14-3-2-6-22(7-4-14)18(23)10-15-5-8-24-13-15/h5,8,11-14H,2-4,6-7,9-10H2,1H3,(H,19,21). The summed E-state index contributed by atoms with van der Waals surface area (Å²) in [5.74, 6) is 1.63. The summed E-state index contributed by atoms with van der Waals surface area (Å²) < 4.78 is 0. The van der Waals surface area contributed by atoms with Crippen molar-refractivity contribution >= 4 is 23.1 Å². The molecule has 1 fully saturated rings. The zero-order valence-electron chi connectivity index (χ0n) is 14.1. The molecular formula is C18H24N4OS. The van der Waals surface area contributed by atoms with Crippen LogP contribution in [0.25, 0.3) is 0 Å². The Hall–Kier alpha value is -1.95. The number of carbonyl (C=O) groups is 1. The Morgan fingerprint density at radius 3 is 2.96 bits per heavy atom. The lowest BCUT2D eigenvalue weighted by Crippen LogP contribution is -2.33. The van der Waals surface area contributed by atoms with Gasteiger partial charge in [0.05, 0.1) is 24.5 Å². The molecule has 3 rings (SSSR count). The van der Waals surface area contributed by atoms with E-state index in [-0.39, 0.29) is 5.91 Å². The average molecular weight is 344 g/mol. The molecule has 1 N–H and O–H groups in total. The van der Waals surface area contributed by atoms with Gasteiger partial charge in [0.2, 0.25) is 5.91 Å². The zero-order chi connectivity index (χ0) is 16.8. The smallest absolute Gasteiger partial charge is 0.227 e. The molecule has 0 aromatic carbocycles. The lowest BCUT2D eigenvalue weighted by Gasteiger charge is -2.20. The molecule has 2 aromatic heterocycles. The number of nitrogens with zero attached hydrogens (tertiary/aromatic N) is 3. The first kappa shape index (κ1) is 16.9. The third kappa shape index (κ3) is 4.54. The Morgan fingerprint density at radius 2 is 2.25 bits per heavy atom. The van der Waals surface area contributed by atoms with Gasteiger partial charge in [-0.15, -0.1) is 0 Å². The number of rotatable bonds is 5. The van der Waals surface area contributed by atoms with Crippen molar-refractivity contribution in [3.8, 4) is 0 Å². The van der Waals surface area contributed by atoms with Gasteiger partial charge in [0.25, 0.3) is 0 Å². The maximum Gasteiger partial charge on any atom is 0.227 e. The predicted octanol–water partition coefficient (Wildman–Crippen LogP) is 2.99. The largest absolute Gasteiger partial charge is 0.372 e. The van der Waals surface area contributed by atoms with Gasteiger partial charge in [-0.3, -0.25) is 9.78 Å². The fourth-order valence-electron chi connectivity index (χ4n) is 3.18. The van der Waals surface area contributed by atoms with Crippen LogP contribution in [0.2, 0.25) is 0 Å². The lowest BCUT2D eigenvalue weighted by molar-refractivity contribution is -0.130. The van der Waals surface area contributed by atoms with Crippen molar-refractivity contribution in [2.75, 3.05) is 25.5 Å². The van der Waals surface area contributed by atoms with Crippen LogP contribution >= 0.6 is 11.3 Å². The number of thiophene rings is 1. The molecular weight excluding hydrogens is 320 g/mol. The van der Waals surface area contributed by atoms with Gasteiger partial charge >= 0.3 is 0 Å². The number of amides is 1. The van der Waals surface area contributed by atoms with E-state index in [0.717, 1.165) is 55.8 Å². The third-order valence-corrected chi connectivity index (χ3v) is 5.33. The van der Waals surface area contributed by atoms with Gasteiger partial charge < -0.3 is 10.2 Å². The Balaban J connectivity index is 1.51. The Kier molecular flexibility index (Phi) is 5.80. The van der Waals surface area contributed by atoms with Gasteiger partial charge in [0, 0.05) is 20.1 Å². The van der Waals surface area contributed by atoms with E-state index in [1.807, 2.05) is 29.6 Å². The number of hydrogen-bond acceptors (Lipinski definition) is 5. The van der Waals surface area contributed by atoms with Crippen molar-refractivity contribution in [1.82, 2.24) is 14.9 Å². The van der Waals surface area contributed by atoms with E-state index in [1.54, 1.807) is 17.5 Å². The highest BCUT2D eigenvalue weighted by atomic mass is 32.1. The molecule has 1 unspecified atom stereocenters. The maximum absolute atomic E-state index is 12.5. The second-order valence-electron chi connectivity index (χ2n) is 6.33. The molecule has 1 amide bonds. The molecule has 128 valence electrons. The van der Waals surface area contributed by atoms with Gasteiger partial charge in [-0.1, -0.05) is 0 Å². The number of anilines is 1. The summed E-state index contributed by atoms with van der Waals surface area (Å²) in [5, 5.41) is 7.08. The molecule has 6 heteroatoms. The summed E-state index contributed by atoms with van der Waals surface area (Å²) in [6, 6.07) is 2.04. The van der Waals surface area contributed by atoms with Crippen LogP contribution in [-0.2, 0) is 17.6 Å². The van der Waals surface area contributed by atoms with Crippen LogP contribution in [0.4, 0.5) is 5.82 Å². The molecule has 1 saturated heterocycles. The van der Waals surface area contributed by atoms with Gasteiger partial charge in [-0.25, -0.2) is 4.98 Å². The summed E-state index contributed by atoms with van der Waals surface area (Å²) in [5.41, 5.74) is 2.17. The van der Waals surface area contributed by atoms with Crippen LogP contribution in [0.5, 0.6) is 0 Å². The Morgan fingerprint density at radius 1 is 1.33 bits per heavy atom. The van der Waals surface area contributed by atoms with Crippen LogP contribution in [0, 0.1) is 5.92 Å². The minimum Gasteiger partial charge on any atom is -0.372 e. The van der Waals surface area contributed by atoms with Crippen LogP contribution in [0.15, 0.2) is 29.2 Å². The van der Waals surface area contributed by atoms with Crippen molar-refractivity contribution in [2.45, 2.75) is 32.1 Å². The minimum atomic E-state index is 0.257. The molecule has 0 saturated carbocycles. The van der Waals surface area contributed by atoms with Crippen molar-refractivity contribution in [3.05, 3.63) is 40.5 Å². The molecule has 0 bridgehead atoms. The number of hydrogen-bond donors (Lipinski definition) is 1. The topological polar surface area (TPSA) is 58.1 Å². The summed E-state index contributed by atoms with van der Waals surface area (Å²) in [4.78, 5) is 23.3. The van der Waals surface area contributed by atoms with Gasteiger partial charge in [-0.2, -0.15) is 11.3 Å². The van der Waals surface area contributed by atoms with E-state index in [0.29, 0.717) is 12.3 Å². The number of aromatic nitrogens is 2. The Labute approximate surface area is 147 Å². The van der Waals surface area contributed by atoms with Crippen LogP contribution in [0.1, 0.15) is 30.5 Å². The van der Waals surface area contributed by atoms with Crippen molar-refractivity contribution < 1.29 is 4.79 Å². The van der Waals surface area contributed by atoms with E-state index >= 15 is 0 Å².